The summed E-state index contributed by atoms with van der Waals surface area (Å²) < 4.78 is 23.5. The Morgan fingerprint density at radius 1 is 1.39 bits per heavy atom. The van der Waals surface area contributed by atoms with Gasteiger partial charge >= 0.3 is 0 Å². The number of hydrogen-bond acceptors (Lipinski definition) is 4. The van der Waals surface area contributed by atoms with Crippen molar-refractivity contribution in [3.05, 3.63) is 23.3 Å². The molecule has 0 aromatic heterocycles. The minimum absolute atomic E-state index is 0.176. The summed E-state index contributed by atoms with van der Waals surface area (Å²) in [5, 5.41) is -0.635. The summed E-state index contributed by atoms with van der Waals surface area (Å²) in [5.74, 6) is 0.829. The van der Waals surface area contributed by atoms with Gasteiger partial charge in [0.25, 0.3) is 5.24 Å². The molecule has 3 nitrogen and oxygen atoms in total. The number of aryl methyl sites for hydroxylation is 1. The molecule has 0 radical (unpaired) electrons. The Balaban J connectivity index is 3.42. The van der Waals surface area contributed by atoms with Crippen LogP contribution in [0.2, 0.25) is 0 Å². The van der Waals surface area contributed by atoms with Gasteiger partial charge in [-0.25, -0.2) is 8.42 Å². The van der Waals surface area contributed by atoms with Crippen molar-refractivity contribution >= 4 is 38.4 Å². The van der Waals surface area contributed by atoms with Crippen molar-refractivity contribution in [2.45, 2.75) is 30.1 Å². The highest BCUT2D eigenvalue weighted by molar-refractivity contribution is 8.00. The van der Waals surface area contributed by atoms with Crippen LogP contribution in [0.3, 0.4) is 0 Å². The number of rotatable bonds is 5. The first-order chi connectivity index (χ1) is 8.27. The van der Waals surface area contributed by atoms with Crippen LogP contribution < -0.4 is 0 Å². The fourth-order valence-corrected chi connectivity index (χ4v) is 3.96. The Bertz CT molecular complexity index is 565. The third kappa shape index (κ3) is 3.73. The van der Waals surface area contributed by atoms with E-state index in [1.807, 2.05) is 6.92 Å². The maximum absolute atomic E-state index is 11.7. The van der Waals surface area contributed by atoms with Crippen molar-refractivity contribution in [2.75, 3.05) is 12.0 Å². The van der Waals surface area contributed by atoms with E-state index in [0.29, 0.717) is 10.5 Å². The summed E-state index contributed by atoms with van der Waals surface area (Å²) in [4.78, 5) is 12.1. The molecule has 0 heterocycles. The molecule has 0 aliphatic heterocycles. The van der Waals surface area contributed by atoms with Crippen LogP contribution in [0.4, 0.5) is 0 Å². The molecule has 0 atom stereocenters. The van der Waals surface area contributed by atoms with Gasteiger partial charge in [0.15, 0.2) is 9.84 Å². The summed E-state index contributed by atoms with van der Waals surface area (Å²) in [5.41, 5.74) is 0.943. The number of carbonyl (C=O) groups excluding carboxylic acids is 1. The standard InChI is InChI=1S/C12H15ClO3S2/c1-4-5-17-10-6-8(2)9(12(13)14)7-11(10)18(3,15)16/h6-7H,4-5H2,1-3H3. The van der Waals surface area contributed by atoms with E-state index in [2.05, 4.69) is 0 Å². The van der Waals surface area contributed by atoms with Gasteiger partial charge in [0.05, 0.1) is 4.90 Å². The van der Waals surface area contributed by atoms with E-state index in [9.17, 15) is 13.2 Å². The molecule has 6 heteroatoms. The predicted octanol–water partition coefficient (Wildman–Crippen LogP) is 3.28. The first-order valence-electron chi connectivity index (χ1n) is 5.44. The number of carbonyl (C=O) groups is 1. The van der Waals surface area contributed by atoms with Crippen molar-refractivity contribution in [1.82, 2.24) is 0 Å². The lowest BCUT2D eigenvalue weighted by molar-refractivity contribution is 0.108. The molecular weight excluding hydrogens is 292 g/mol. The fourth-order valence-electron chi connectivity index (χ4n) is 1.49. The smallest absolute Gasteiger partial charge is 0.252 e. The Labute approximate surface area is 117 Å². The Morgan fingerprint density at radius 3 is 2.44 bits per heavy atom. The molecule has 0 aliphatic rings. The zero-order chi connectivity index (χ0) is 13.9. The minimum Gasteiger partial charge on any atom is -0.276 e. The van der Waals surface area contributed by atoms with Crippen LogP contribution in [0.1, 0.15) is 29.3 Å². The molecule has 0 N–H and O–H groups in total. The molecule has 18 heavy (non-hydrogen) atoms. The quantitative estimate of drug-likeness (QED) is 0.619. The van der Waals surface area contributed by atoms with Gasteiger partial charge in [-0.15, -0.1) is 11.8 Å². The average Bonchev–Trinajstić information content (AvgIpc) is 2.23. The van der Waals surface area contributed by atoms with Gasteiger partial charge in [-0.05, 0) is 48.4 Å². The summed E-state index contributed by atoms with van der Waals surface area (Å²) in [7, 11) is -3.37. The summed E-state index contributed by atoms with van der Waals surface area (Å²) >= 11 is 6.92. The van der Waals surface area contributed by atoms with Crippen LogP contribution >= 0.6 is 23.4 Å². The first kappa shape index (κ1) is 15.5. The largest absolute Gasteiger partial charge is 0.276 e. The average molecular weight is 307 g/mol. The Hall–Kier alpha value is -0.520. The molecule has 0 unspecified atom stereocenters. The molecule has 0 aliphatic carbocycles. The number of sulfone groups is 1. The van der Waals surface area contributed by atoms with Crippen molar-refractivity contribution in [3.8, 4) is 0 Å². The van der Waals surface area contributed by atoms with Gasteiger partial charge in [-0.2, -0.15) is 0 Å². The molecule has 0 spiro atoms. The van der Waals surface area contributed by atoms with Gasteiger partial charge in [0.2, 0.25) is 0 Å². The second-order valence-corrected chi connectivity index (χ2v) is 7.47. The first-order valence-corrected chi connectivity index (χ1v) is 8.70. The van der Waals surface area contributed by atoms with Crippen LogP contribution in [0.15, 0.2) is 21.9 Å². The molecule has 0 fully saturated rings. The van der Waals surface area contributed by atoms with Crippen LogP contribution in [0.25, 0.3) is 0 Å². The number of benzene rings is 1. The van der Waals surface area contributed by atoms with Crippen molar-refractivity contribution in [3.63, 3.8) is 0 Å². The van der Waals surface area contributed by atoms with Gasteiger partial charge < -0.3 is 0 Å². The second kappa shape index (κ2) is 6.08. The number of halogens is 1. The third-order valence-electron chi connectivity index (χ3n) is 2.36. The maximum Gasteiger partial charge on any atom is 0.252 e. The monoisotopic (exact) mass is 306 g/mol. The van der Waals surface area contributed by atoms with E-state index in [-0.39, 0.29) is 10.5 Å². The van der Waals surface area contributed by atoms with Crippen LogP contribution in [0, 0.1) is 6.92 Å². The van der Waals surface area contributed by atoms with E-state index in [4.69, 9.17) is 11.6 Å². The van der Waals surface area contributed by atoms with E-state index < -0.39 is 15.1 Å². The molecule has 0 saturated heterocycles. The predicted molar refractivity (Wildman–Crippen MR) is 75.5 cm³/mol. The summed E-state index contributed by atoms with van der Waals surface area (Å²) in [6.45, 7) is 3.77. The van der Waals surface area contributed by atoms with Crippen molar-refractivity contribution < 1.29 is 13.2 Å². The van der Waals surface area contributed by atoms with Gasteiger partial charge in [-0.3, -0.25) is 4.79 Å². The highest BCUT2D eigenvalue weighted by atomic mass is 35.5. The number of hydrogen-bond donors (Lipinski definition) is 0. The van der Waals surface area contributed by atoms with Crippen LogP contribution in [-0.2, 0) is 9.84 Å². The Morgan fingerprint density at radius 2 is 2.00 bits per heavy atom. The fraction of sp³-hybridized carbons (Fsp3) is 0.417. The zero-order valence-electron chi connectivity index (χ0n) is 10.5. The molecular formula is C12H15ClO3S2. The summed E-state index contributed by atoms with van der Waals surface area (Å²) in [6.07, 6.45) is 2.08. The molecule has 1 aromatic carbocycles. The Kier molecular flexibility index (Phi) is 5.25. The normalized spacial score (nSPS) is 11.6. The van der Waals surface area contributed by atoms with Crippen LogP contribution in [-0.4, -0.2) is 25.7 Å². The topological polar surface area (TPSA) is 51.2 Å². The lowest BCUT2D eigenvalue weighted by atomic mass is 10.1. The molecule has 100 valence electrons. The maximum atomic E-state index is 11.7. The summed E-state index contributed by atoms with van der Waals surface area (Å²) in [6, 6.07) is 3.09. The molecule has 0 amide bonds. The van der Waals surface area contributed by atoms with E-state index in [1.54, 1.807) is 13.0 Å². The van der Waals surface area contributed by atoms with E-state index >= 15 is 0 Å². The molecule has 0 saturated carbocycles. The lowest BCUT2D eigenvalue weighted by Gasteiger charge is -2.11. The molecule has 1 aromatic rings. The highest BCUT2D eigenvalue weighted by Crippen LogP contribution is 2.30. The van der Waals surface area contributed by atoms with E-state index in [0.717, 1.165) is 18.4 Å². The zero-order valence-corrected chi connectivity index (χ0v) is 12.9. The van der Waals surface area contributed by atoms with Crippen molar-refractivity contribution in [1.29, 1.82) is 0 Å². The third-order valence-corrected chi connectivity index (χ3v) is 5.09. The van der Waals surface area contributed by atoms with Crippen molar-refractivity contribution in [2.24, 2.45) is 0 Å². The second-order valence-electron chi connectivity index (χ2n) is 4.01. The van der Waals surface area contributed by atoms with Gasteiger partial charge in [0, 0.05) is 16.7 Å². The van der Waals surface area contributed by atoms with Gasteiger partial charge in [0.1, 0.15) is 0 Å². The van der Waals surface area contributed by atoms with Gasteiger partial charge in [-0.1, -0.05) is 6.92 Å². The number of thioether (sulfide) groups is 1. The SMILES string of the molecule is CCCSc1cc(C)c(C(=O)Cl)cc1S(C)(=O)=O. The molecule has 1 rings (SSSR count). The van der Waals surface area contributed by atoms with E-state index in [1.165, 1.54) is 17.8 Å². The molecule has 0 bridgehead atoms. The van der Waals surface area contributed by atoms with Crippen LogP contribution in [0.5, 0.6) is 0 Å². The lowest BCUT2D eigenvalue weighted by Crippen LogP contribution is -2.04. The highest BCUT2D eigenvalue weighted by Gasteiger charge is 2.18. The minimum atomic E-state index is -3.37.